The number of fused-ring (bicyclic) bond motifs is 1. The maximum absolute atomic E-state index is 6.76. The summed E-state index contributed by atoms with van der Waals surface area (Å²) >= 11 is 13.0. The molecule has 1 fully saturated rings. The van der Waals surface area contributed by atoms with Crippen molar-refractivity contribution in [2.45, 2.75) is 76.8 Å². The Morgan fingerprint density at radius 2 is 1.88 bits per heavy atom. The van der Waals surface area contributed by atoms with Crippen LogP contribution in [0.3, 0.4) is 0 Å². The van der Waals surface area contributed by atoms with E-state index < -0.39 is 0 Å². The summed E-state index contributed by atoms with van der Waals surface area (Å²) in [5, 5.41) is 5.68. The topological polar surface area (TPSA) is 15.3 Å². The largest absolute Gasteiger partial charge is 0.380 e. The Morgan fingerprint density at radius 1 is 1.03 bits per heavy atom. The van der Waals surface area contributed by atoms with Crippen molar-refractivity contribution in [1.82, 2.24) is 10.2 Å². The number of benzene rings is 2. The van der Waals surface area contributed by atoms with Gasteiger partial charge in [-0.05, 0) is 98.2 Å². The second-order valence-corrected chi connectivity index (χ2v) is 10.8. The van der Waals surface area contributed by atoms with E-state index in [9.17, 15) is 0 Å². The number of rotatable bonds is 6. The summed E-state index contributed by atoms with van der Waals surface area (Å²) in [6.45, 7) is 6.69. The smallest absolute Gasteiger partial charge is 0.0523 e. The van der Waals surface area contributed by atoms with Gasteiger partial charge in [0.05, 0.1) is 6.04 Å². The van der Waals surface area contributed by atoms with Gasteiger partial charge in [-0.25, -0.2) is 0 Å². The first-order chi connectivity index (χ1) is 15.5. The number of nitrogens with one attached hydrogen (secondary N) is 1. The van der Waals surface area contributed by atoms with Crippen molar-refractivity contribution in [3.63, 3.8) is 0 Å². The molecule has 170 valence electrons. The SMILES string of the molecule is CCC(NC1=C(C)CCN(C2CCc3ccc(Cl)cc3C2)C1)c1ccc(C2CC2)cc1Cl. The Labute approximate surface area is 203 Å². The number of aryl methyl sites for hydroxylation is 1. The lowest BCUT2D eigenvalue weighted by Gasteiger charge is -2.40. The van der Waals surface area contributed by atoms with E-state index in [1.165, 1.54) is 52.8 Å². The normalized spacial score (nSPS) is 22.6. The minimum absolute atomic E-state index is 0.256. The molecule has 0 bridgehead atoms. The zero-order chi connectivity index (χ0) is 22.2. The monoisotopic (exact) mass is 468 g/mol. The van der Waals surface area contributed by atoms with Crippen LogP contribution in [0.15, 0.2) is 47.7 Å². The van der Waals surface area contributed by atoms with Crippen molar-refractivity contribution in [2.75, 3.05) is 13.1 Å². The van der Waals surface area contributed by atoms with Crippen LogP contribution in [-0.4, -0.2) is 24.0 Å². The Morgan fingerprint density at radius 3 is 2.62 bits per heavy atom. The Kier molecular flexibility index (Phi) is 6.56. The standard InChI is InChI=1S/C28H34Cl2N2/c1-3-27(25-11-8-21(16-26(25)30)19-4-5-19)31-28-17-32(13-12-18(28)2)24-10-7-20-6-9-23(29)14-22(20)15-24/h6,8-9,11,14,16,19,24,27,31H,3-5,7,10,12-13,15,17H2,1-2H3. The fourth-order valence-electron chi connectivity index (χ4n) is 5.48. The van der Waals surface area contributed by atoms with Crippen LogP contribution < -0.4 is 5.32 Å². The molecule has 3 aliphatic rings. The van der Waals surface area contributed by atoms with Crippen molar-refractivity contribution in [3.05, 3.63) is 80.0 Å². The molecule has 1 aliphatic heterocycles. The minimum Gasteiger partial charge on any atom is -0.380 e. The van der Waals surface area contributed by atoms with Crippen molar-refractivity contribution in [3.8, 4) is 0 Å². The lowest BCUT2D eigenvalue weighted by Crippen LogP contribution is -2.45. The molecule has 2 aliphatic carbocycles. The van der Waals surface area contributed by atoms with Crippen LogP contribution in [0.5, 0.6) is 0 Å². The summed E-state index contributed by atoms with van der Waals surface area (Å²) in [5.74, 6) is 0.738. The summed E-state index contributed by atoms with van der Waals surface area (Å²) in [7, 11) is 0. The maximum Gasteiger partial charge on any atom is 0.0523 e. The number of halogens is 2. The molecule has 2 nitrogen and oxygen atoms in total. The molecular weight excluding hydrogens is 435 g/mol. The van der Waals surface area contributed by atoms with Crippen molar-refractivity contribution >= 4 is 23.2 Å². The molecule has 4 heteroatoms. The molecule has 0 saturated heterocycles. The average molecular weight is 470 g/mol. The Hall–Kier alpha value is -1.48. The second kappa shape index (κ2) is 9.41. The number of nitrogens with zero attached hydrogens (tertiary/aromatic N) is 1. The third-order valence-corrected chi connectivity index (χ3v) is 8.31. The van der Waals surface area contributed by atoms with Crippen molar-refractivity contribution < 1.29 is 0 Å². The van der Waals surface area contributed by atoms with Gasteiger partial charge in [0.2, 0.25) is 0 Å². The van der Waals surface area contributed by atoms with E-state index in [1.54, 1.807) is 0 Å². The maximum atomic E-state index is 6.76. The first-order valence-electron chi connectivity index (χ1n) is 12.3. The van der Waals surface area contributed by atoms with E-state index in [2.05, 4.69) is 54.4 Å². The molecule has 0 spiro atoms. The lowest BCUT2D eigenvalue weighted by molar-refractivity contribution is 0.182. The van der Waals surface area contributed by atoms with Crippen LogP contribution in [0.2, 0.25) is 10.0 Å². The van der Waals surface area contributed by atoms with E-state index in [1.807, 2.05) is 6.07 Å². The number of hydrogen-bond acceptors (Lipinski definition) is 2. The van der Waals surface area contributed by atoms with Crippen molar-refractivity contribution in [2.24, 2.45) is 0 Å². The fraction of sp³-hybridized carbons (Fsp3) is 0.500. The van der Waals surface area contributed by atoms with E-state index in [4.69, 9.17) is 23.2 Å². The molecule has 0 radical (unpaired) electrons. The van der Waals surface area contributed by atoms with Crippen LogP contribution in [0.1, 0.15) is 80.2 Å². The highest BCUT2D eigenvalue weighted by Gasteiger charge is 2.29. The van der Waals surface area contributed by atoms with Gasteiger partial charge in [-0.1, -0.05) is 53.9 Å². The fourth-order valence-corrected chi connectivity index (χ4v) is 6.00. The van der Waals surface area contributed by atoms with Crippen molar-refractivity contribution in [1.29, 1.82) is 0 Å². The second-order valence-electron chi connectivity index (χ2n) is 9.95. The van der Waals surface area contributed by atoms with E-state index in [0.717, 1.165) is 54.7 Å². The summed E-state index contributed by atoms with van der Waals surface area (Å²) < 4.78 is 0. The zero-order valence-electron chi connectivity index (χ0n) is 19.3. The van der Waals surface area contributed by atoms with Crippen LogP contribution in [0.4, 0.5) is 0 Å². The quantitative estimate of drug-likeness (QED) is 0.473. The molecular formula is C28H34Cl2N2. The molecule has 2 aromatic carbocycles. The van der Waals surface area contributed by atoms with Crippen LogP contribution >= 0.6 is 23.2 Å². The molecule has 32 heavy (non-hydrogen) atoms. The van der Waals surface area contributed by atoms with E-state index in [0.29, 0.717) is 6.04 Å². The molecule has 0 amide bonds. The van der Waals surface area contributed by atoms with Gasteiger partial charge in [0.15, 0.2) is 0 Å². The highest BCUT2D eigenvalue weighted by Crippen LogP contribution is 2.42. The zero-order valence-corrected chi connectivity index (χ0v) is 20.8. The summed E-state index contributed by atoms with van der Waals surface area (Å²) in [5.41, 5.74) is 8.43. The highest BCUT2D eigenvalue weighted by atomic mass is 35.5. The lowest BCUT2D eigenvalue weighted by atomic mass is 9.86. The average Bonchev–Trinajstić information content (AvgIpc) is 3.64. The predicted molar refractivity (Wildman–Crippen MR) is 136 cm³/mol. The van der Waals surface area contributed by atoms with Crippen LogP contribution in [-0.2, 0) is 12.8 Å². The van der Waals surface area contributed by atoms with Gasteiger partial charge in [0, 0.05) is 34.9 Å². The molecule has 2 atom stereocenters. The third-order valence-electron chi connectivity index (χ3n) is 7.74. The van der Waals surface area contributed by atoms with Gasteiger partial charge in [-0.3, -0.25) is 4.90 Å². The molecule has 1 N–H and O–H groups in total. The summed E-state index contributed by atoms with van der Waals surface area (Å²) in [4.78, 5) is 2.68. The molecule has 0 aromatic heterocycles. The van der Waals surface area contributed by atoms with Gasteiger partial charge >= 0.3 is 0 Å². The highest BCUT2D eigenvalue weighted by molar-refractivity contribution is 6.31. The first kappa shape index (κ1) is 22.3. The first-order valence-corrected chi connectivity index (χ1v) is 13.0. The van der Waals surface area contributed by atoms with Gasteiger partial charge < -0.3 is 5.32 Å². The Bertz CT molecular complexity index is 1020. The molecule has 2 aromatic rings. The predicted octanol–water partition coefficient (Wildman–Crippen LogP) is 7.45. The molecule has 1 saturated carbocycles. The third kappa shape index (κ3) is 4.74. The summed E-state index contributed by atoms with van der Waals surface area (Å²) in [6.07, 6.45) is 8.26. The van der Waals surface area contributed by atoms with Gasteiger partial charge in [-0.15, -0.1) is 0 Å². The number of hydrogen-bond donors (Lipinski definition) is 1. The van der Waals surface area contributed by atoms with Crippen LogP contribution in [0.25, 0.3) is 0 Å². The Balaban J connectivity index is 1.29. The van der Waals surface area contributed by atoms with Gasteiger partial charge in [-0.2, -0.15) is 0 Å². The molecule has 2 unspecified atom stereocenters. The summed E-state index contributed by atoms with van der Waals surface area (Å²) in [6, 6.07) is 14.0. The molecule has 1 heterocycles. The molecule has 5 rings (SSSR count). The van der Waals surface area contributed by atoms with Crippen LogP contribution in [0, 0.1) is 0 Å². The van der Waals surface area contributed by atoms with E-state index >= 15 is 0 Å². The van der Waals surface area contributed by atoms with Gasteiger partial charge in [0.1, 0.15) is 0 Å². The minimum atomic E-state index is 0.256. The van der Waals surface area contributed by atoms with Gasteiger partial charge in [0.25, 0.3) is 0 Å². The van der Waals surface area contributed by atoms with E-state index in [-0.39, 0.29) is 6.04 Å².